The lowest BCUT2D eigenvalue weighted by molar-refractivity contribution is 0.131. The molecular formula is C17H17N3O6S. The molecule has 0 unspecified atom stereocenters. The van der Waals surface area contributed by atoms with E-state index < -0.39 is 15.9 Å². The highest BCUT2D eigenvalue weighted by molar-refractivity contribution is 7.90. The van der Waals surface area contributed by atoms with E-state index in [-0.39, 0.29) is 16.7 Å². The van der Waals surface area contributed by atoms with Crippen molar-refractivity contribution in [3.63, 3.8) is 0 Å². The Kier molecular flexibility index (Phi) is 4.14. The third-order valence-corrected chi connectivity index (χ3v) is 5.81. The maximum atomic E-state index is 11.7. The van der Waals surface area contributed by atoms with Crippen LogP contribution in [0.5, 0.6) is 0 Å². The standard InChI is InChI=1S/C17H17N3O6S/c1-27(23,24)12-2-3-13-11(8-12)9-14(25-13)16-18-15(19-26-16)10-4-6-20(7-5-10)17(21)22/h2-3,8-10H,4-7H2,1H3,(H,21,22). The van der Waals surface area contributed by atoms with Gasteiger partial charge in [0.2, 0.25) is 0 Å². The Bertz CT molecular complexity index is 1110. The van der Waals surface area contributed by atoms with E-state index in [0.717, 1.165) is 6.26 Å². The topological polar surface area (TPSA) is 127 Å². The van der Waals surface area contributed by atoms with E-state index in [1.54, 1.807) is 12.1 Å². The van der Waals surface area contributed by atoms with E-state index in [9.17, 15) is 13.2 Å². The summed E-state index contributed by atoms with van der Waals surface area (Å²) in [5, 5.41) is 13.6. The van der Waals surface area contributed by atoms with Gasteiger partial charge in [0.25, 0.3) is 5.89 Å². The first-order valence-corrected chi connectivity index (χ1v) is 10.3. The number of fused-ring (bicyclic) bond motifs is 1. The molecule has 1 fully saturated rings. The van der Waals surface area contributed by atoms with Crippen molar-refractivity contribution in [2.24, 2.45) is 0 Å². The largest absolute Gasteiger partial charge is 0.465 e. The number of likely N-dealkylation sites (tertiary alicyclic amines) is 1. The van der Waals surface area contributed by atoms with Gasteiger partial charge in [-0.1, -0.05) is 5.16 Å². The molecule has 1 aliphatic heterocycles. The predicted octanol–water partition coefficient (Wildman–Crippen LogP) is 2.74. The number of sulfone groups is 1. The molecule has 1 N–H and O–H groups in total. The molecule has 4 rings (SSSR count). The van der Waals surface area contributed by atoms with Gasteiger partial charge < -0.3 is 18.9 Å². The number of benzene rings is 1. The molecule has 0 spiro atoms. The van der Waals surface area contributed by atoms with Crippen LogP contribution in [0.1, 0.15) is 24.6 Å². The Morgan fingerprint density at radius 2 is 2.00 bits per heavy atom. The summed E-state index contributed by atoms with van der Waals surface area (Å²) in [6.45, 7) is 0.867. The van der Waals surface area contributed by atoms with Crippen LogP contribution in [0.2, 0.25) is 0 Å². The van der Waals surface area contributed by atoms with Crippen LogP contribution in [0, 0.1) is 0 Å². The van der Waals surface area contributed by atoms with Crippen LogP contribution in [0.25, 0.3) is 22.6 Å². The highest BCUT2D eigenvalue weighted by Gasteiger charge is 2.27. The quantitative estimate of drug-likeness (QED) is 0.722. The number of amides is 1. The molecule has 1 aliphatic rings. The molecule has 2 aromatic heterocycles. The summed E-state index contributed by atoms with van der Waals surface area (Å²) in [7, 11) is -3.31. The lowest BCUT2D eigenvalue weighted by atomic mass is 9.96. The van der Waals surface area contributed by atoms with Crippen LogP contribution < -0.4 is 0 Å². The van der Waals surface area contributed by atoms with Gasteiger partial charge in [-0.25, -0.2) is 13.2 Å². The molecule has 3 aromatic rings. The van der Waals surface area contributed by atoms with E-state index in [0.29, 0.717) is 48.5 Å². The average Bonchev–Trinajstić information content (AvgIpc) is 3.27. The van der Waals surface area contributed by atoms with Gasteiger partial charge in [-0.2, -0.15) is 4.98 Å². The van der Waals surface area contributed by atoms with Crippen LogP contribution in [0.3, 0.4) is 0 Å². The third kappa shape index (κ3) is 3.39. The van der Waals surface area contributed by atoms with Gasteiger partial charge in [0.05, 0.1) is 4.90 Å². The van der Waals surface area contributed by atoms with Crippen molar-refractivity contribution in [1.29, 1.82) is 0 Å². The van der Waals surface area contributed by atoms with Gasteiger partial charge in [-0.15, -0.1) is 0 Å². The first-order valence-electron chi connectivity index (χ1n) is 8.37. The van der Waals surface area contributed by atoms with Crippen molar-refractivity contribution >= 4 is 26.9 Å². The fraction of sp³-hybridized carbons (Fsp3) is 0.353. The molecule has 3 heterocycles. The highest BCUT2D eigenvalue weighted by Crippen LogP contribution is 2.31. The third-order valence-electron chi connectivity index (χ3n) is 4.70. The van der Waals surface area contributed by atoms with Crippen LogP contribution in [0.15, 0.2) is 38.1 Å². The molecule has 1 saturated heterocycles. The second-order valence-corrected chi connectivity index (χ2v) is 8.60. The van der Waals surface area contributed by atoms with Gasteiger partial charge in [0.15, 0.2) is 21.4 Å². The van der Waals surface area contributed by atoms with E-state index in [2.05, 4.69) is 10.1 Å². The van der Waals surface area contributed by atoms with E-state index >= 15 is 0 Å². The van der Waals surface area contributed by atoms with Crippen molar-refractivity contribution in [2.75, 3.05) is 19.3 Å². The minimum Gasteiger partial charge on any atom is -0.465 e. The summed E-state index contributed by atoms with van der Waals surface area (Å²) in [6.07, 6.45) is 1.49. The fourth-order valence-corrected chi connectivity index (χ4v) is 3.84. The molecule has 27 heavy (non-hydrogen) atoms. The molecule has 0 radical (unpaired) electrons. The van der Waals surface area contributed by atoms with Crippen LogP contribution in [-0.2, 0) is 9.84 Å². The van der Waals surface area contributed by atoms with E-state index in [1.807, 2.05) is 0 Å². The van der Waals surface area contributed by atoms with Crippen LogP contribution in [-0.4, -0.2) is 54.0 Å². The smallest absolute Gasteiger partial charge is 0.407 e. The molecule has 1 aromatic carbocycles. The van der Waals surface area contributed by atoms with Crippen molar-refractivity contribution in [3.8, 4) is 11.7 Å². The summed E-state index contributed by atoms with van der Waals surface area (Å²) in [4.78, 5) is 16.9. The number of hydrogen-bond donors (Lipinski definition) is 1. The van der Waals surface area contributed by atoms with Crippen LogP contribution in [0.4, 0.5) is 4.79 Å². The number of piperidine rings is 1. The van der Waals surface area contributed by atoms with Crippen molar-refractivity contribution in [1.82, 2.24) is 15.0 Å². The van der Waals surface area contributed by atoms with E-state index in [1.165, 1.54) is 17.0 Å². The first kappa shape index (κ1) is 17.5. The zero-order chi connectivity index (χ0) is 19.2. The summed E-state index contributed by atoms with van der Waals surface area (Å²) in [5.74, 6) is 1.12. The molecule has 0 saturated carbocycles. The molecule has 0 aliphatic carbocycles. The number of carbonyl (C=O) groups is 1. The van der Waals surface area contributed by atoms with Gasteiger partial charge in [-0.3, -0.25) is 0 Å². The summed E-state index contributed by atoms with van der Waals surface area (Å²) in [5.41, 5.74) is 0.520. The number of rotatable bonds is 3. The lowest BCUT2D eigenvalue weighted by Gasteiger charge is -2.28. The highest BCUT2D eigenvalue weighted by atomic mass is 32.2. The predicted molar refractivity (Wildman–Crippen MR) is 94.2 cm³/mol. The fourth-order valence-electron chi connectivity index (χ4n) is 3.19. The number of nitrogens with zero attached hydrogens (tertiary/aromatic N) is 3. The normalized spacial score (nSPS) is 16.1. The zero-order valence-corrected chi connectivity index (χ0v) is 15.3. The minimum atomic E-state index is -3.31. The number of aromatic nitrogens is 2. The first-order chi connectivity index (χ1) is 12.8. The molecular weight excluding hydrogens is 374 g/mol. The average molecular weight is 391 g/mol. The number of furan rings is 1. The molecule has 1 amide bonds. The Morgan fingerprint density at radius 3 is 2.67 bits per heavy atom. The van der Waals surface area contributed by atoms with Gasteiger partial charge in [0.1, 0.15) is 5.58 Å². The minimum absolute atomic E-state index is 0.0271. The molecule has 0 bridgehead atoms. The SMILES string of the molecule is CS(=O)(=O)c1ccc2oc(-c3nc(C4CCN(C(=O)O)CC4)no3)cc2c1. The Hall–Kier alpha value is -2.88. The molecule has 9 nitrogen and oxygen atoms in total. The maximum absolute atomic E-state index is 11.7. The molecule has 10 heteroatoms. The number of hydrogen-bond acceptors (Lipinski definition) is 7. The second kappa shape index (κ2) is 6.38. The Balaban J connectivity index is 1.57. The van der Waals surface area contributed by atoms with Crippen LogP contribution >= 0.6 is 0 Å². The molecule has 142 valence electrons. The van der Waals surface area contributed by atoms with Crippen molar-refractivity contribution in [2.45, 2.75) is 23.7 Å². The van der Waals surface area contributed by atoms with Crippen molar-refractivity contribution in [3.05, 3.63) is 30.1 Å². The molecule has 0 atom stereocenters. The van der Waals surface area contributed by atoms with Gasteiger partial charge in [-0.05, 0) is 37.1 Å². The van der Waals surface area contributed by atoms with Crippen molar-refractivity contribution < 1.29 is 27.3 Å². The maximum Gasteiger partial charge on any atom is 0.407 e. The van der Waals surface area contributed by atoms with Gasteiger partial charge >= 0.3 is 6.09 Å². The monoisotopic (exact) mass is 391 g/mol. The Morgan fingerprint density at radius 1 is 1.26 bits per heavy atom. The number of carboxylic acid groups (broad SMARTS) is 1. The Labute approximate surface area is 154 Å². The lowest BCUT2D eigenvalue weighted by Crippen LogP contribution is -2.37. The second-order valence-electron chi connectivity index (χ2n) is 6.58. The zero-order valence-electron chi connectivity index (χ0n) is 14.5. The van der Waals surface area contributed by atoms with E-state index in [4.69, 9.17) is 14.0 Å². The summed E-state index contributed by atoms with van der Waals surface area (Å²) in [6, 6.07) is 6.28. The summed E-state index contributed by atoms with van der Waals surface area (Å²) < 4.78 is 34.4. The summed E-state index contributed by atoms with van der Waals surface area (Å²) >= 11 is 0. The van der Waals surface area contributed by atoms with Gasteiger partial charge in [0, 0.05) is 30.6 Å².